The van der Waals surface area contributed by atoms with Crippen LogP contribution in [0, 0.1) is 0 Å². The topological polar surface area (TPSA) is 117 Å². The molecule has 0 saturated carbocycles. The average Bonchev–Trinajstić information content (AvgIpc) is 3.76. The zero-order chi connectivity index (χ0) is 33.2. The molecule has 0 spiro atoms. The number of aromatic nitrogens is 2. The summed E-state index contributed by atoms with van der Waals surface area (Å²) >= 11 is 0. The first-order valence-corrected chi connectivity index (χ1v) is 16.2. The second-order valence-electron chi connectivity index (χ2n) is 14.3. The predicted octanol–water partition coefficient (Wildman–Crippen LogP) is 7.39. The third-order valence-electron chi connectivity index (χ3n) is 8.27. The van der Waals surface area contributed by atoms with E-state index in [0.29, 0.717) is 19.5 Å². The van der Waals surface area contributed by atoms with E-state index in [1.54, 1.807) is 4.90 Å². The fourth-order valence-electron chi connectivity index (χ4n) is 6.02. The average molecular weight is 630 g/mol. The molecule has 3 heterocycles. The van der Waals surface area contributed by atoms with Crippen molar-refractivity contribution in [3.63, 3.8) is 0 Å². The maximum Gasteiger partial charge on any atom is 0.410 e. The number of rotatable bonds is 6. The Morgan fingerprint density at radius 2 is 1.33 bits per heavy atom. The van der Waals surface area contributed by atoms with Crippen molar-refractivity contribution in [1.29, 1.82) is 0 Å². The van der Waals surface area contributed by atoms with Gasteiger partial charge in [-0.3, -0.25) is 14.6 Å². The van der Waals surface area contributed by atoms with Crippen LogP contribution < -0.4 is 5.32 Å². The molecule has 2 saturated heterocycles. The van der Waals surface area contributed by atoms with Gasteiger partial charge in [0.15, 0.2) is 0 Å². The zero-order valence-electron chi connectivity index (χ0n) is 28.1. The van der Waals surface area contributed by atoms with Crippen LogP contribution >= 0.6 is 0 Å². The van der Waals surface area contributed by atoms with Gasteiger partial charge in [0.05, 0.1) is 24.0 Å². The molecule has 0 radical (unpaired) electrons. The highest BCUT2D eigenvalue weighted by Gasteiger charge is 2.37. The van der Waals surface area contributed by atoms with Crippen LogP contribution in [0.2, 0.25) is 0 Å². The lowest BCUT2D eigenvalue weighted by molar-refractivity contribution is -0.126. The number of nitrogens with one attached hydrogen (secondary N) is 2. The molecule has 3 atom stereocenters. The van der Waals surface area contributed by atoms with Gasteiger partial charge in [0.1, 0.15) is 23.1 Å². The number of amides is 3. The predicted molar refractivity (Wildman–Crippen MR) is 177 cm³/mol. The molecule has 2 aromatic carbocycles. The summed E-state index contributed by atoms with van der Waals surface area (Å²) in [5, 5.41) is 3.08. The third-order valence-corrected chi connectivity index (χ3v) is 8.27. The molecule has 1 aromatic heterocycles. The lowest BCUT2D eigenvalue weighted by atomic mass is 10.00. The van der Waals surface area contributed by atoms with E-state index in [0.717, 1.165) is 53.0 Å². The minimum absolute atomic E-state index is 0.129. The molecular weight excluding hydrogens is 582 g/mol. The number of nitrogens with zero attached hydrogens (tertiary/aromatic N) is 3. The molecule has 0 bridgehead atoms. The number of carbonyl (C=O) groups excluding carboxylic acids is 3. The van der Waals surface area contributed by atoms with Gasteiger partial charge in [0.2, 0.25) is 5.91 Å². The number of benzene rings is 2. The Morgan fingerprint density at radius 3 is 1.93 bits per heavy atom. The molecule has 246 valence electrons. The van der Waals surface area contributed by atoms with Crippen LogP contribution in [0.3, 0.4) is 0 Å². The van der Waals surface area contributed by atoms with Gasteiger partial charge in [0, 0.05) is 13.1 Å². The Hall–Kier alpha value is -4.34. The number of carbonyl (C=O) groups is 3. The van der Waals surface area contributed by atoms with Crippen molar-refractivity contribution >= 4 is 18.1 Å². The van der Waals surface area contributed by atoms with Gasteiger partial charge >= 0.3 is 12.2 Å². The standard InChI is InChI=1S/C36H47N5O5/c1-23(38-32(42)30-11-9-21-41(30)34(44)46-36(5,6)7)24-12-14-25(15-13-24)26-16-18-27(19-17-26)28-22-37-31(39-28)29-10-8-20-40(29)33(43)45-35(2,3)4/h12-19,22-23,29-30H,8-11,20-21H2,1-7H3,(H,37,39)(H,38,42)/t23-,29-,30?/m0/s1. The van der Waals surface area contributed by atoms with Gasteiger partial charge in [-0.1, -0.05) is 48.5 Å². The van der Waals surface area contributed by atoms with Crippen molar-refractivity contribution in [2.24, 2.45) is 0 Å². The smallest absolute Gasteiger partial charge is 0.410 e. The summed E-state index contributed by atoms with van der Waals surface area (Å²) in [5.74, 6) is 0.604. The molecule has 2 fully saturated rings. The molecule has 5 rings (SSSR count). The van der Waals surface area contributed by atoms with Gasteiger partial charge in [-0.25, -0.2) is 14.6 Å². The minimum Gasteiger partial charge on any atom is -0.444 e. The van der Waals surface area contributed by atoms with Gasteiger partial charge in [-0.15, -0.1) is 0 Å². The Morgan fingerprint density at radius 1 is 0.804 bits per heavy atom. The number of H-pyrrole nitrogens is 1. The second-order valence-corrected chi connectivity index (χ2v) is 14.3. The second kappa shape index (κ2) is 13.2. The lowest BCUT2D eigenvalue weighted by Crippen LogP contribution is -2.48. The molecule has 1 unspecified atom stereocenters. The van der Waals surface area contributed by atoms with Crippen molar-refractivity contribution in [3.05, 3.63) is 66.1 Å². The zero-order valence-corrected chi connectivity index (χ0v) is 28.1. The van der Waals surface area contributed by atoms with Crippen LogP contribution in [0.4, 0.5) is 9.59 Å². The number of hydrogen-bond donors (Lipinski definition) is 2. The van der Waals surface area contributed by atoms with E-state index in [1.165, 1.54) is 4.90 Å². The molecular formula is C36H47N5O5. The first kappa shape index (κ1) is 33.0. The Kier molecular flexibility index (Phi) is 9.47. The van der Waals surface area contributed by atoms with Crippen molar-refractivity contribution in [1.82, 2.24) is 25.1 Å². The highest BCUT2D eigenvalue weighted by Crippen LogP contribution is 2.33. The van der Waals surface area contributed by atoms with Gasteiger partial charge in [0.25, 0.3) is 0 Å². The molecule has 10 heteroatoms. The van der Waals surface area contributed by atoms with Crippen molar-refractivity contribution in [3.8, 4) is 22.4 Å². The molecule has 46 heavy (non-hydrogen) atoms. The summed E-state index contributed by atoms with van der Waals surface area (Å²) in [6.45, 7) is 14.2. The lowest BCUT2D eigenvalue weighted by Gasteiger charge is -2.28. The molecule has 2 aliphatic rings. The van der Waals surface area contributed by atoms with E-state index in [2.05, 4.69) is 51.7 Å². The Labute approximate surface area is 271 Å². The number of imidazole rings is 1. The van der Waals surface area contributed by atoms with Crippen LogP contribution in [0.5, 0.6) is 0 Å². The number of aromatic amines is 1. The molecule has 3 amide bonds. The van der Waals surface area contributed by atoms with E-state index >= 15 is 0 Å². The molecule has 0 aliphatic carbocycles. The summed E-state index contributed by atoms with van der Waals surface area (Å²) in [5.41, 5.74) is 3.85. The van der Waals surface area contributed by atoms with Crippen LogP contribution in [0.15, 0.2) is 54.7 Å². The quantitative estimate of drug-likeness (QED) is 0.294. The highest BCUT2D eigenvalue weighted by atomic mass is 16.6. The van der Waals surface area contributed by atoms with Crippen LogP contribution in [-0.2, 0) is 14.3 Å². The molecule has 2 aliphatic heterocycles. The van der Waals surface area contributed by atoms with Crippen LogP contribution in [0.25, 0.3) is 22.4 Å². The van der Waals surface area contributed by atoms with Crippen molar-refractivity contribution in [2.75, 3.05) is 13.1 Å². The fourth-order valence-corrected chi connectivity index (χ4v) is 6.02. The third kappa shape index (κ3) is 7.89. The van der Waals surface area contributed by atoms with Crippen LogP contribution in [-0.4, -0.2) is 68.2 Å². The molecule has 10 nitrogen and oxygen atoms in total. The van der Waals surface area contributed by atoms with Gasteiger partial charge in [-0.05, 0) is 96.4 Å². The number of hydrogen-bond acceptors (Lipinski definition) is 6. The monoisotopic (exact) mass is 629 g/mol. The Balaban J connectivity index is 1.19. The van der Waals surface area contributed by atoms with Crippen molar-refractivity contribution < 1.29 is 23.9 Å². The van der Waals surface area contributed by atoms with E-state index in [4.69, 9.17) is 9.47 Å². The molecule has 3 aromatic rings. The van der Waals surface area contributed by atoms with Gasteiger partial charge < -0.3 is 19.8 Å². The van der Waals surface area contributed by atoms with E-state index in [-0.39, 0.29) is 24.1 Å². The first-order valence-electron chi connectivity index (χ1n) is 16.2. The maximum absolute atomic E-state index is 13.1. The highest BCUT2D eigenvalue weighted by molar-refractivity contribution is 5.86. The van der Waals surface area contributed by atoms with Gasteiger partial charge in [-0.2, -0.15) is 0 Å². The summed E-state index contributed by atoms with van der Waals surface area (Å²) < 4.78 is 11.1. The van der Waals surface area contributed by atoms with E-state index in [1.807, 2.05) is 66.8 Å². The molecule has 2 N–H and O–H groups in total. The first-order chi connectivity index (χ1) is 21.7. The number of likely N-dealkylation sites (tertiary alicyclic amines) is 2. The Bertz CT molecular complexity index is 1530. The minimum atomic E-state index is -0.610. The number of ether oxygens (including phenoxy) is 2. The van der Waals surface area contributed by atoms with E-state index < -0.39 is 23.3 Å². The van der Waals surface area contributed by atoms with Crippen molar-refractivity contribution in [2.45, 2.75) is 103 Å². The van der Waals surface area contributed by atoms with E-state index in [9.17, 15) is 14.4 Å². The largest absolute Gasteiger partial charge is 0.444 e. The fraction of sp³-hybridized carbons (Fsp3) is 0.500. The summed E-state index contributed by atoms with van der Waals surface area (Å²) in [7, 11) is 0. The summed E-state index contributed by atoms with van der Waals surface area (Å²) in [6.07, 6.45) is 4.21. The summed E-state index contributed by atoms with van der Waals surface area (Å²) in [4.78, 5) is 49.9. The normalized spacial score (nSPS) is 19.2. The maximum atomic E-state index is 13.1. The van der Waals surface area contributed by atoms with Crippen LogP contribution in [0.1, 0.15) is 97.6 Å². The summed E-state index contributed by atoms with van der Waals surface area (Å²) in [6, 6.07) is 15.5. The SMILES string of the molecule is C[C@H](NC(=O)C1CCCN1C(=O)OC(C)(C)C)c1ccc(-c2ccc(-c3cnc([C@@H]4CCCN4C(=O)OC(C)(C)C)[nH]3)cc2)cc1.